The number of hydrogen-bond acceptors (Lipinski definition) is 6. The van der Waals surface area contributed by atoms with E-state index in [2.05, 4.69) is 15.3 Å². The summed E-state index contributed by atoms with van der Waals surface area (Å²) in [6.07, 6.45) is 0. The molecule has 1 unspecified atom stereocenters. The molecule has 6 nitrogen and oxygen atoms in total. The molecular formula is C17H17N3O3S2. The topological polar surface area (TPSA) is 84.1 Å². The van der Waals surface area contributed by atoms with E-state index >= 15 is 0 Å². The summed E-state index contributed by atoms with van der Waals surface area (Å²) in [5.41, 5.74) is 0.419. The van der Waals surface area contributed by atoms with Gasteiger partial charge >= 0.3 is 0 Å². The van der Waals surface area contributed by atoms with Gasteiger partial charge in [-0.2, -0.15) is 0 Å². The van der Waals surface area contributed by atoms with E-state index in [1.807, 2.05) is 25.1 Å². The number of thiophene rings is 1. The highest BCUT2D eigenvalue weighted by Crippen LogP contribution is 2.27. The van der Waals surface area contributed by atoms with Crippen molar-refractivity contribution < 1.29 is 9.53 Å². The van der Waals surface area contributed by atoms with Crippen LogP contribution in [0.4, 0.5) is 5.69 Å². The summed E-state index contributed by atoms with van der Waals surface area (Å²) < 4.78 is 5.23. The second-order valence-corrected chi connectivity index (χ2v) is 7.96. The fourth-order valence-corrected chi connectivity index (χ4v) is 4.03. The first-order valence-electron chi connectivity index (χ1n) is 7.59. The number of hydrogen-bond donors (Lipinski definition) is 2. The Bertz CT molecular complexity index is 981. The third kappa shape index (κ3) is 3.85. The molecule has 0 fully saturated rings. The maximum absolute atomic E-state index is 12.4. The lowest BCUT2D eigenvalue weighted by Gasteiger charge is -2.13. The summed E-state index contributed by atoms with van der Waals surface area (Å²) in [6, 6.07) is 9.02. The number of aromatic amines is 1. The molecule has 0 bridgehead atoms. The molecular weight excluding hydrogens is 358 g/mol. The molecule has 1 atom stereocenters. The van der Waals surface area contributed by atoms with Gasteiger partial charge in [0.05, 0.1) is 23.4 Å². The highest BCUT2D eigenvalue weighted by Gasteiger charge is 2.18. The van der Waals surface area contributed by atoms with Crippen LogP contribution in [0.3, 0.4) is 0 Å². The molecule has 1 aromatic carbocycles. The molecule has 0 radical (unpaired) electrons. The number of nitrogens with one attached hydrogen (secondary N) is 2. The van der Waals surface area contributed by atoms with E-state index < -0.39 is 5.25 Å². The van der Waals surface area contributed by atoms with Crippen molar-refractivity contribution in [3.05, 3.63) is 45.6 Å². The molecule has 0 aliphatic rings. The number of fused-ring (bicyclic) bond motifs is 1. The predicted molar refractivity (Wildman–Crippen MR) is 102 cm³/mol. The summed E-state index contributed by atoms with van der Waals surface area (Å²) in [5.74, 6) is 0.398. The summed E-state index contributed by atoms with van der Waals surface area (Å²) >= 11 is 2.67. The third-order valence-corrected chi connectivity index (χ3v) is 5.45. The van der Waals surface area contributed by atoms with Gasteiger partial charge < -0.3 is 15.0 Å². The average Bonchev–Trinajstić information content (AvgIpc) is 2.96. The van der Waals surface area contributed by atoms with Crippen LogP contribution in [0.2, 0.25) is 0 Å². The zero-order chi connectivity index (χ0) is 18.0. The van der Waals surface area contributed by atoms with E-state index in [1.54, 1.807) is 26.2 Å². The number of benzene rings is 1. The number of nitrogens with zero attached hydrogens (tertiary/aromatic N) is 1. The first-order chi connectivity index (χ1) is 12.0. The molecule has 0 aliphatic carbocycles. The lowest BCUT2D eigenvalue weighted by molar-refractivity contribution is -0.115. The van der Waals surface area contributed by atoms with Gasteiger partial charge in [0.2, 0.25) is 5.91 Å². The van der Waals surface area contributed by atoms with Crippen molar-refractivity contribution in [2.45, 2.75) is 24.3 Å². The molecule has 3 aromatic rings. The van der Waals surface area contributed by atoms with Crippen LogP contribution >= 0.6 is 23.1 Å². The summed E-state index contributed by atoms with van der Waals surface area (Å²) in [7, 11) is 1.55. The number of thioether (sulfide) groups is 1. The Kier molecular flexibility index (Phi) is 5.10. The van der Waals surface area contributed by atoms with Crippen LogP contribution in [0.15, 0.2) is 40.3 Å². The second-order valence-electron chi connectivity index (χ2n) is 5.40. The first-order valence-corrected chi connectivity index (χ1v) is 9.28. The van der Waals surface area contributed by atoms with Crippen molar-refractivity contribution in [2.24, 2.45) is 0 Å². The van der Waals surface area contributed by atoms with Crippen molar-refractivity contribution in [1.82, 2.24) is 9.97 Å². The van der Waals surface area contributed by atoms with Gasteiger partial charge in [0.25, 0.3) is 5.56 Å². The number of rotatable bonds is 5. The minimum absolute atomic E-state index is 0.186. The van der Waals surface area contributed by atoms with Crippen LogP contribution in [0.1, 0.15) is 11.8 Å². The number of H-pyrrole nitrogens is 1. The van der Waals surface area contributed by atoms with Crippen molar-refractivity contribution in [1.29, 1.82) is 0 Å². The van der Waals surface area contributed by atoms with Gasteiger partial charge in [0, 0.05) is 4.88 Å². The lowest BCUT2D eigenvalue weighted by Crippen LogP contribution is -2.23. The molecule has 2 N–H and O–H groups in total. The quantitative estimate of drug-likeness (QED) is 0.527. The Labute approximate surface area is 152 Å². The Morgan fingerprint density at radius 1 is 1.40 bits per heavy atom. The fourth-order valence-electron chi connectivity index (χ4n) is 2.29. The molecule has 2 aromatic heterocycles. The molecule has 25 heavy (non-hydrogen) atoms. The zero-order valence-corrected chi connectivity index (χ0v) is 15.6. The summed E-state index contributed by atoms with van der Waals surface area (Å²) in [5, 5.41) is 3.41. The number of amides is 1. The summed E-state index contributed by atoms with van der Waals surface area (Å²) in [6.45, 7) is 3.70. The zero-order valence-electron chi connectivity index (χ0n) is 14.0. The molecule has 8 heteroatoms. The molecule has 0 aliphatic heterocycles. The van der Waals surface area contributed by atoms with Gasteiger partial charge in [-0.1, -0.05) is 23.9 Å². The Morgan fingerprint density at radius 3 is 2.92 bits per heavy atom. The maximum atomic E-state index is 12.4. The number of carbonyl (C=O) groups excluding carboxylic acids is 1. The van der Waals surface area contributed by atoms with Gasteiger partial charge in [0.1, 0.15) is 10.6 Å². The van der Waals surface area contributed by atoms with Gasteiger partial charge in [-0.05, 0) is 32.0 Å². The van der Waals surface area contributed by atoms with Crippen LogP contribution in [0.25, 0.3) is 10.2 Å². The van der Waals surface area contributed by atoms with Crippen molar-refractivity contribution in [2.75, 3.05) is 12.4 Å². The Hall–Kier alpha value is -2.32. The number of anilines is 1. The molecule has 3 rings (SSSR count). The Morgan fingerprint density at radius 2 is 2.16 bits per heavy atom. The van der Waals surface area contributed by atoms with Crippen molar-refractivity contribution in [3.63, 3.8) is 0 Å². The summed E-state index contributed by atoms with van der Waals surface area (Å²) in [4.78, 5) is 33.4. The standard InChI is InChI=1S/C17H17N3O3S2/c1-9-8-11-15(22)19-17(20-16(11)24-9)25-10(2)14(21)18-12-6-4-5-7-13(12)23-3/h4-8,10H,1-3H3,(H,18,21)(H,19,20,22). The largest absolute Gasteiger partial charge is 0.495 e. The van der Waals surface area contributed by atoms with Gasteiger partial charge in [-0.15, -0.1) is 11.3 Å². The van der Waals surface area contributed by atoms with Gasteiger partial charge in [0.15, 0.2) is 5.16 Å². The minimum Gasteiger partial charge on any atom is -0.495 e. The normalized spacial score (nSPS) is 12.1. The van der Waals surface area contributed by atoms with E-state index in [0.717, 1.165) is 4.88 Å². The molecule has 1 amide bonds. The monoisotopic (exact) mass is 375 g/mol. The van der Waals surface area contributed by atoms with E-state index in [-0.39, 0.29) is 11.5 Å². The second kappa shape index (κ2) is 7.28. The third-order valence-electron chi connectivity index (χ3n) is 3.53. The van der Waals surface area contributed by atoms with E-state index in [0.29, 0.717) is 26.8 Å². The van der Waals surface area contributed by atoms with Crippen LogP contribution in [0, 0.1) is 6.92 Å². The van der Waals surface area contributed by atoms with E-state index in [9.17, 15) is 9.59 Å². The smallest absolute Gasteiger partial charge is 0.260 e. The van der Waals surface area contributed by atoms with Gasteiger partial charge in [-0.3, -0.25) is 9.59 Å². The first kappa shape index (κ1) is 17.5. The molecule has 0 saturated carbocycles. The van der Waals surface area contributed by atoms with Crippen LogP contribution in [-0.2, 0) is 4.79 Å². The number of methoxy groups -OCH3 is 1. The van der Waals surface area contributed by atoms with Crippen LogP contribution in [0.5, 0.6) is 5.75 Å². The SMILES string of the molecule is COc1ccccc1NC(=O)C(C)Sc1nc2sc(C)cc2c(=O)[nH]1. The van der Waals surface area contributed by atoms with E-state index in [1.165, 1.54) is 23.1 Å². The van der Waals surface area contributed by atoms with Crippen LogP contribution in [-0.4, -0.2) is 28.2 Å². The Balaban J connectivity index is 1.76. The van der Waals surface area contributed by atoms with Crippen molar-refractivity contribution >= 4 is 44.9 Å². The van der Waals surface area contributed by atoms with Crippen LogP contribution < -0.4 is 15.6 Å². The fraction of sp³-hybridized carbons (Fsp3) is 0.235. The molecule has 0 saturated heterocycles. The number of aromatic nitrogens is 2. The van der Waals surface area contributed by atoms with E-state index in [4.69, 9.17) is 4.74 Å². The molecule has 130 valence electrons. The number of carbonyl (C=O) groups is 1. The average molecular weight is 375 g/mol. The maximum Gasteiger partial charge on any atom is 0.260 e. The molecule has 0 spiro atoms. The lowest BCUT2D eigenvalue weighted by atomic mass is 10.3. The number of ether oxygens (including phenoxy) is 1. The number of para-hydroxylation sites is 2. The highest BCUT2D eigenvalue weighted by molar-refractivity contribution is 8.00. The minimum atomic E-state index is -0.438. The number of aryl methyl sites for hydroxylation is 1. The molecule has 2 heterocycles. The highest BCUT2D eigenvalue weighted by atomic mass is 32.2. The van der Waals surface area contributed by atoms with Gasteiger partial charge in [-0.25, -0.2) is 4.98 Å². The predicted octanol–water partition coefficient (Wildman–Crippen LogP) is 3.42. The van der Waals surface area contributed by atoms with Crippen molar-refractivity contribution in [3.8, 4) is 5.75 Å².